The van der Waals surface area contributed by atoms with Gasteiger partial charge in [0, 0.05) is 10.5 Å². The maximum atomic E-state index is 12.2. The predicted molar refractivity (Wildman–Crippen MR) is 101 cm³/mol. The van der Waals surface area contributed by atoms with Gasteiger partial charge < -0.3 is 4.74 Å². The molecule has 0 bridgehead atoms. The number of ether oxygens (including phenoxy) is 1. The van der Waals surface area contributed by atoms with Crippen molar-refractivity contribution in [3.8, 4) is 0 Å². The van der Waals surface area contributed by atoms with Crippen LogP contribution in [0.4, 0.5) is 0 Å². The van der Waals surface area contributed by atoms with Gasteiger partial charge in [-0.15, -0.1) is 11.8 Å². The molecule has 1 N–H and O–H groups in total. The topological polar surface area (TPSA) is 84.8 Å². The molecule has 0 fully saturated rings. The molecule has 2 aromatic rings. The Labute approximate surface area is 156 Å². The Morgan fingerprint density at radius 3 is 2.58 bits per heavy atom. The number of nitrogens with zero attached hydrogens (tertiary/aromatic N) is 1. The van der Waals surface area contributed by atoms with Crippen molar-refractivity contribution in [2.24, 2.45) is 4.99 Å². The zero-order valence-electron chi connectivity index (χ0n) is 14.3. The Morgan fingerprint density at radius 2 is 1.88 bits per heavy atom. The van der Waals surface area contributed by atoms with Gasteiger partial charge in [0.2, 0.25) is 0 Å². The lowest BCUT2D eigenvalue weighted by atomic mass is 10.2. The minimum absolute atomic E-state index is 0.144. The molecule has 1 unspecified atom stereocenters. The van der Waals surface area contributed by atoms with Crippen molar-refractivity contribution >= 4 is 33.6 Å². The summed E-state index contributed by atoms with van der Waals surface area (Å²) in [5.41, 5.74) is 1.34. The molecule has 3 rings (SSSR count). The first-order valence-electron chi connectivity index (χ1n) is 7.90. The van der Waals surface area contributed by atoms with E-state index in [0.29, 0.717) is 5.56 Å². The number of hydrogen-bond acceptors (Lipinski definition) is 6. The predicted octanol–water partition coefficient (Wildman–Crippen LogP) is 2.58. The van der Waals surface area contributed by atoms with E-state index in [1.54, 1.807) is 36.9 Å². The second-order valence-corrected chi connectivity index (χ2v) is 8.24. The summed E-state index contributed by atoms with van der Waals surface area (Å²) >= 11 is 1.64. The molecule has 1 aliphatic heterocycles. The average molecular weight is 390 g/mol. The number of carbonyl (C=O) groups is 1. The van der Waals surface area contributed by atoms with Crippen molar-refractivity contribution in [1.29, 1.82) is 0 Å². The number of carbonyl (C=O) groups excluding carboxylic acids is 1. The molecule has 0 amide bonds. The molecule has 0 radical (unpaired) electrons. The standard InChI is InChI=1S/C18H18N2O4S2/c1-12(18(21)24-11-13-7-9-14(25-2)10-8-13)19-17-15-5-3-4-6-16(15)26(22,23)20-17/h3-10,12H,11H2,1-2H3,(H,19,20). The highest BCUT2D eigenvalue weighted by Gasteiger charge is 2.31. The Hall–Kier alpha value is -2.32. The van der Waals surface area contributed by atoms with Crippen LogP contribution in [0, 0.1) is 0 Å². The number of fused-ring (bicyclic) bond motifs is 1. The molecule has 1 heterocycles. The van der Waals surface area contributed by atoms with Crippen LogP contribution in [-0.4, -0.2) is 32.5 Å². The Morgan fingerprint density at radius 1 is 1.19 bits per heavy atom. The number of nitrogens with one attached hydrogen (secondary N) is 1. The summed E-state index contributed by atoms with van der Waals surface area (Å²) in [7, 11) is -3.62. The highest BCUT2D eigenvalue weighted by Crippen LogP contribution is 2.22. The minimum Gasteiger partial charge on any atom is -0.459 e. The first kappa shape index (κ1) is 18.5. The van der Waals surface area contributed by atoms with Crippen LogP contribution in [0.5, 0.6) is 0 Å². The number of aliphatic imine (C=N–C) groups is 1. The van der Waals surface area contributed by atoms with Crippen LogP contribution >= 0.6 is 11.8 Å². The third-order valence-corrected chi connectivity index (χ3v) is 6.01. The molecule has 0 saturated heterocycles. The monoisotopic (exact) mass is 390 g/mol. The summed E-state index contributed by atoms with van der Waals surface area (Å²) in [5, 5.41) is 0. The summed E-state index contributed by atoms with van der Waals surface area (Å²) in [6, 6.07) is 13.4. The quantitative estimate of drug-likeness (QED) is 0.627. The number of benzene rings is 2. The molecule has 0 aliphatic carbocycles. The summed E-state index contributed by atoms with van der Waals surface area (Å²) < 4.78 is 31.8. The Balaban J connectivity index is 1.68. The van der Waals surface area contributed by atoms with E-state index >= 15 is 0 Å². The summed E-state index contributed by atoms with van der Waals surface area (Å²) in [4.78, 5) is 17.7. The molecule has 6 nitrogen and oxygen atoms in total. The van der Waals surface area contributed by atoms with Gasteiger partial charge in [-0.05, 0) is 43.0 Å². The number of hydrogen-bond donors (Lipinski definition) is 1. The molecule has 26 heavy (non-hydrogen) atoms. The summed E-state index contributed by atoms with van der Waals surface area (Å²) in [6.45, 7) is 1.71. The first-order chi connectivity index (χ1) is 12.4. The van der Waals surface area contributed by atoms with E-state index in [0.717, 1.165) is 10.5 Å². The molecule has 2 aromatic carbocycles. The molecular weight excluding hydrogens is 372 g/mol. The molecule has 8 heteroatoms. The van der Waals surface area contributed by atoms with Crippen molar-refractivity contribution in [3.63, 3.8) is 0 Å². The lowest BCUT2D eigenvalue weighted by molar-refractivity contribution is -0.146. The smallest absolute Gasteiger partial charge is 0.330 e. The van der Waals surface area contributed by atoms with Gasteiger partial charge in [-0.3, -0.25) is 9.71 Å². The lowest BCUT2D eigenvalue weighted by Crippen LogP contribution is -2.26. The van der Waals surface area contributed by atoms with Crippen molar-refractivity contribution in [3.05, 3.63) is 59.7 Å². The van der Waals surface area contributed by atoms with Crippen LogP contribution in [0.25, 0.3) is 0 Å². The number of esters is 1. The van der Waals surface area contributed by atoms with E-state index in [4.69, 9.17) is 4.74 Å². The zero-order valence-corrected chi connectivity index (χ0v) is 15.9. The second kappa shape index (κ2) is 7.51. The molecule has 0 spiro atoms. The van der Waals surface area contributed by atoms with E-state index < -0.39 is 22.0 Å². The van der Waals surface area contributed by atoms with Gasteiger partial charge in [-0.25, -0.2) is 13.2 Å². The Bertz CT molecular complexity index is 953. The second-order valence-electron chi connectivity index (χ2n) is 5.71. The van der Waals surface area contributed by atoms with Crippen molar-refractivity contribution in [2.45, 2.75) is 29.4 Å². The van der Waals surface area contributed by atoms with Crippen molar-refractivity contribution in [2.75, 3.05) is 6.26 Å². The fraction of sp³-hybridized carbons (Fsp3) is 0.222. The maximum absolute atomic E-state index is 12.2. The van der Waals surface area contributed by atoms with E-state index in [-0.39, 0.29) is 17.3 Å². The van der Waals surface area contributed by atoms with E-state index in [1.165, 1.54) is 6.07 Å². The number of thioether (sulfide) groups is 1. The van der Waals surface area contributed by atoms with Crippen LogP contribution in [-0.2, 0) is 26.2 Å². The number of rotatable bonds is 5. The van der Waals surface area contributed by atoms with Gasteiger partial charge in [0.1, 0.15) is 18.5 Å². The van der Waals surface area contributed by atoms with Crippen LogP contribution in [0.2, 0.25) is 0 Å². The van der Waals surface area contributed by atoms with E-state index in [9.17, 15) is 13.2 Å². The third-order valence-electron chi connectivity index (χ3n) is 3.87. The van der Waals surface area contributed by atoms with Gasteiger partial charge in [0.05, 0.1) is 4.90 Å². The normalized spacial score (nSPS) is 17.4. The first-order valence-corrected chi connectivity index (χ1v) is 10.6. The molecule has 136 valence electrons. The molecule has 0 aromatic heterocycles. The molecular formula is C18H18N2O4S2. The highest BCUT2D eigenvalue weighted by molar-refractivity contribution is 7.98. The summed E-state index contributed by atoms with van der Waals surface area (Å²) in [5.74, 6) is -0.357. The van der Waals surface area contributed by atoms with Gasteiger partial charge in [-0.1, -0.05) is 24.3 Å². The van der Waals surface area contributed by atoms with Gasteiger partial charge in [-0.2, -0.15) is 0 Å². The largest absolute Gasteiger partial charge is 0.459 e. The van der Waals surface area contributed by atoms with Gasteiger partial charge >= 0.3 is 5.97 Å². The maximum Gasteiger partial charge on any atom is 0.330 e. The average Bonchev–Trinajstić information content (AvgIpc) is 2.90. The molecule has 0 saturated carbocycles. The highest BCUT2D eigenvalue weighted by atomic mass is 32.2. The molecule has 1 aliphatic rings. The third kappa shape index (κ3) is 3.91. The van der Waals surface area contributed by atoms with Crippen LogP contribution in [0.15, 0.2) is 63.3 Å². The number of amidine groups is 1. The Kier molecular flexibility index (Phi) is 5.33. The van der Waals surface area contributed by atoms with Crippen molar-refractivity contribution < 1.29 is 17.9 Å². The van der Waals surface area contributed by atoms with E-state index in [1.807, 2.05) is 30.5 Å². The SMILES string of the molecule is CSc1ccc(COC(=O)C(C)N=C2NS(=O)(=O)c3ccccc32)cc1. The van der Waals surface area contributed by atoms with Crippen molar-refractivity contribution in [1.82, 2.24) is 4.72 Å². The summed E-state index contributed by atoms with van der Waals surface area (Å²) in [6.07, 6.45) is 1.99. The van der Waals surface area contributed by atoms with Crippen LogP contribution in [0.3, 0.4) is 0 Å². The number of sulfonamides is 1. The molecule has 1 atom stereocenters. The van der Waals surface area contributed by atoms with Gasteiger partial charge in [0.25, 0.3) is 10.0 Å². The lowest BCUT2D eigenvalue weighted by Gasteiger charge is -2.09. The van der Waals surface area contributed by atoms with E-state index in [2.05, 4.69) is 9.71 Å². The van der Waals surface area contributed by atoms with Gasteiger partial charge in [0.15, 0.2) is 0 Å². The zero-order chi connectivity index (χ0) is 18.7. The van der Waals surface area contributed by atoms with Crippen LogP contribution in [0.1, 0.15) is 18.1 Å². The minimum atomic E-state index is -3.62. The fourth-order valence-electron chi connectivity index (χ4n) is 2.47. The fourth-order valence-corrected chi connectivity index (χ4v) is 4.12. The van der Waals surface area contributed by atoms with Crippen LogP contribution < -0.4 is 4.72 Å².